The standard InChI is InChI=1S/C13H18N4O3/c1-3-4-17-7-9(6-11(17)18)15-13-14-8(2)5-10(16-13)12(19)20/h5,9H,3-4,6-7H2,1-2H3,(H,19,20)(H,14,15,16). The zero-order valence-corrected chi connectivity index (χ0v) is 11.6. The minimum absolute atomic E-state index is 0.0465. The van der Waals surface area contributed by atoms with E-state index in [9.17, 15) is 9.59 Å². The van der Waals surface area contributed by atoms with Crippen molar-refractivity contribution in [2.45, 2.75) is 32.7 Å². The Morgan fingerprint density at radius 2 is 2.30 bits per heavy atom. The molecule has 1 amide bonds. The van der Waals surface area contributed by atoms with Gasteiger partial charge in [0.2, 0.25) is 11.9 Å². The molecule has 0 saturated carbocycles. The van der Waals surface area contributed by atoms with Gasteiger partial charge in [0.15, 0.2) is 5.69 Å². The number of nitrogens with zero attached hydrogens (tertiary/aromatic N) is 3. The van der Waals surface area contributed by atoms with Crippen LogP contribution < -0.4 is 5.32 Å². The molecule has 1 aliphatic rings. The molecule has 1 aliphatic heterocycles. The Kier molecular flexibility index (Phi) is 4.16. The fourth-order valence-electron chi connectivity index (χ4n) is 2.28. The van der Waals surface area contributed by atoms with Crippen LogP contribution in [0.3, 0.4) is 0 Å². The van der Waals surface area contributed by atoms with E-state index in [0.29, 0.717) is 18.7 Å². The maximum absolute atomic E-state index is 11.8. The van der Waals surface area contributed by atoms with Crippen LogP contribution in [0.2, 0.25) is 0 Å². The van der Waals surface area contributed by atoms with Gasteiger partial charge in [-0.15, -0.1) is 0 Å². The smallest absolute Gasteiger partial charge is 0.354 e. The molecule has 20 heavy (non-hydrogen) atoms. The number of rotatable bonds is 5. The number of aromatic carboxylic acids is 1. The number of carbonyl (C=O) groups is 2. The van der Waals surface area contributed by atoms with Crippen molar-refractivity contribution in [3.05, 3.63) is 17.5 Å². The van der Waals surface area contributed by atoms with Crippen molar-refractivity contribution in [1.82, 2.24) is 14.9 Å². The largest absolute Gasteiger partial charge is 0.477 e. The van der Waals surface area contributed by atoms with Crippen molar-refractivity contribution in [2.24, 2.45) is 0 Å². The SMILES string of the molecule is CCCN1CC(Nc2nc(C)cc(C(=O)O)n2)CC1=O. The molecule has 1 aromatic heterocycles. The molecule has 0 spiro atoms. The van der Waals surface area contributed by atoms with Gasteiger partial charge in [0.05, 0.1) is 6.04 Å². The highest BCUT2D eigenvalue weighted by atomic mass is 16.4. The molecule has 0 radical (unpaired) electrons. The molecule has 0 bridgehead atoms. The normalized spacial score (nSPS) is 18.4. The Morgan fingerprint density at radius 3 is 2.95 bits per heavy atom. The number of aryl methyl sites for hydroxylation is 1. The first-order valence-electron chi connectivity index (χ1n) is 6.63. The van der Waals surface area contributed by atoms with Gasteiger partial charge in [-0.1, -0.05) is 6.92 Å². The van der Waals surface area contributed by atoms with Gasteiger partial charge in [-0.2, -0.15) is 0 Å². The van der Waals surface area contributed by atoms with Crippen LogP contribution in [0.4, 0.5) is 5.95 Å². The fourth-order valence-corrected chi connectivity index (χ4v) is 2.28. The summed E-state index contributed by atoms with van der Waals surface area (Å²) in [5.41, 5.74) is 0.532. The zero-order chi connectivity index (χ0) is 14.7. The third-order valence-electron chi connectivity index (χ3n) is 3.11. The Labute approximate surface area is 117 Å². The third kappa shape index (κ3) is 3.23. The molecule has 2 heterocycles. The van der Waals surface area contributed by atoms with Gasteiger partial charge in [0.1, 0.15) is 0 Å². The molecule has 7 heteroatoms. The van der Waals surface area contributed by atoms with E-state index in [1.54, 1.807) is 11.8 Å². The lowest BCUT2D eigenvalue weighted by Crippen LogP contribution is -2.29. The van der Waals surface area contributed by atoms with Crippen LogP contribution in [0.1, 0.15) is 35.9 Å². The summed E-state index contributed by atoms with van der Waals surface area (Å²) in [6.07, 6.45) is 1.31. The quantitative estimate of drug-likeness (QED) is 0.831. The number of carbonyl (C=O) groups excluding carboxylic acids is 1. The van der Waals surface area contributed by atoms with Crippen LogP contribution in [-0.4, -0.2) is 51.0 Å². The predicted octanol–water partition coefficient (Wildman–Crippen LogP) is 0.906. The van der Waals surface area contributed by atoms with E-state index in [1.165, 1.54) is 6.07 Å². The molecule has 0 aromatic carbocycles. The molecular formula is C13H18N4O3. The molecule has 7 nitrogen and oxygen atoms in total. The predicted molar refractivity (Wildman–Crippen MR) is 72.6 cm³/mol. The highest BCUT2D eigenvalue weighted by Gasteiger charge is 2.29. The van der Waals surface area contributed by atoms with E-state index in [-0.39, 0.29) is 23.6 Å². The van der Waals surface area contributed by atoms with Gasteiger partial charge in [-0.25, -0.2) is 14.8 Å². The van der Waals surface area contributed by atoms with Crippen molar-refractivity contribution in [3.63, 3.8) is 0 Å². The Balaban J connectivity index is 2.07. The average Bonchev–Trinajstić information content (AvgIpc) is 2.69. The van der Waals surface area contributed by atoms with Crippen LogP contribution in [0.25, 0.3) is 0 Å². The lowest BCUT2D eigenvalue weighted by atomic mass is 10.2. The number of nitrogens with one attached hydrogen (secondary N) is 1. The van der Waals surface area contributed by atoms with Crippen molar-refractivity contribution in [3.8, 4) is 0 Å². The Bertz CT molecular complexity index is 532. The van der Waals surface area contributed by atoms with E-state index in [4.69, 9.17) is 5.11 Å². The summed E-state index contributed by atoms with van der Waals surface area (Å²) in [6, 6.07) is 1.34. The van der Waals surface area contributed by atoms with Crippen LogP contribution in [0.5, 0.6) is 0 Å². The van der Waals surface area contributed by atoms with Crippen molar-refractivity contribution in [1.29, 1.82) is 0 Å². The molecule has 1 atom stereocenters. The summed E-state index contributed by atoms with van der Waals surface area (Å²) in [5, 5.41) is 12.0. The van der Waals surface area contributed by atoms with Crippen molar-refractivity contribution < 1.29 is 14.7 Å². The summed E-state index contributed by atoms with van der Waals surface area (Å²) < 4.78 is 0. The first-order valence-corrected chi connectivity index (χ1v) is 6.63. The first-order chi connectivity index (χ1) is 9.49. The van der Waals surface area contributed by atoms with Gasteiger partial charge < -0.3 is 15.3 Å². The molecule has 2 rings (SSSR count). The number of amides is 1. The lowest BCUT2D eigenvalue weighted by Gasteiger charge is -2.16. The lowest BCUT2D eigenvalue weighted by molar-refractivity contribution is -0.127. The Hall–Kier alpha value is -2.18. The second-order valence-electron chi connectivity index (χ2n) is 4.91. The van der Waals surface area contributed by atoms with Crippen LogP contribution in [0, 0.1) is 6.92 Å². The highest BCUT2D eigenvalue weighted by Crippen LogP contribution is 2.15. The van der Waals surface area contributed by atoms with Gasteiger partial charge in [-0.3, -0.25) is 4.79 Å². The van der Waals surface area contributed by atoms with Gasteiger partial charge >= 0.3 is 5.97 Å². The molecule has 1 unspecified atom stereocenters. The first kappa shape index (κ1) is 14.2. The van der Waals surface area contributed by atoms with Crippen molar-refractivity contribution in [2.75, 3.05) is 18.4 Å². The average molecular weight is 278 g/mol. The minimum Gasteiger partial charge on any atom is -0.477 e. The summed E-state index contributed by atoms with van der Waals surface area (Å²) in [7, 11) is 0. The van der Waals surface area contributed by atoms with E-state index in [1.807, 2.05) is 6.92 Å². The molecule has 108 valence electrons. The molecule has 0 aliphatic carbocycles. The third-order valence-corrected chi connectivity index (χ3v) is 3.11. The highest BCUT2D eigenvalue weighted by molar-refractivity contribution is 5.85. The molecule has 1 fully saturated rings. The second-order valence-corrected chi connectivity index (χ2v) is 4.91. The number of hydrogen-bond acceptors (Lipinski definition) is 5. The molecular weight excluding hydrogens is 260 g/mol. The minimum atomic E-state index is -1.09. The van der Waals surface area contributed by atoms with Gasteiger partial charge in [-0.05, 0) is 19.4 Å². The number of likely N-dealkylation sites (tertiary alicyclic amines) is 1. The maximum Gasteiger partial charge on any atom is 0.354 e. The summed E-state index contributed by atoms with van der Waals surface area (Å²) in [4.78, 5) is 32.6. The van der Waals surface area contributed by atoms with E-state index in [0.717, 1.165) is 13.0 Å². The van der Waals surface area contributed by atoms with E-state index >= 15 is 0 Å². The second kappa shape index (κ2) is 5.85. The number of aromatic nitrogens is 2. The summed E-state index contributed by atoms with van der Waals surface area (Å²) in [5.74, 6) is -0.720. The Morgan fingerprint density at radius 1 is 1.55 bits per heavy atom. The molecule has 1 aromatic rings. The zero-order valence-electron chi connectivity index (χ0n) is 11.6. The molecule has 2 N–H and O–H groups in total. The van der Waals surface area contributed by atoms with Crippen LogP contribution in [0.15, 0.2) is 6.07 Å². The van der Waals surface area contributed by atoms with Crippen molar-refractivity contribution >= 4 is 17.8 Å². The maximum atomic E-state index is 11.8. The topological polar surface area (TPSA) is 95.4 Å². The number of hydrogen-bond donors (Lipinski definition) is 2. The van der Waals surface area contributed by atoms with Gasteiger partial charge in [0, 0.05) is 25.2 Å². The van der Waals surface area contributed by atoms with Gasteiger partial charge in [0.25, 0.3) is 0 Å². The van der Waals surface area contributed by atoms with E-state index < -0.39 is 5.97 Å². The summed E-state index contributed by atoms with van der Waals surface area (Å²) >= 11 is 0. The summed E-state index contributed by atoms with van der Waals surface area (Å²) in [6.45, 7) is 5.08. The van der Waals surface area contributed by atoms with E-state index in [2.05, 4.69) is 15.3 Å². The number of carboxylic acids is 1. The van der Waals surface area contributed by atoms with Crippen LogP contribution >= 0.6 is 0 Å². The fraction of sp³-hybridized carbons (Fsp3) is 0.538. The monoisotopic (exact) mass is 278 g/mol. The molecule has 1 saturated heterocycles. The number of anilines is 1. The van der Waals surface area contributed by atoms with Crippen LogP contribution in [-0.2, 0) is 4.79 Å². The number of carboxylic acid groups (broad SMARTS) is 1.